The maximum Gasteiger partial charge on any atom is 0.254 e. The van der Waals surface area contributed by atoms with Gasteiger partial charge in [0.25, 0.3) is 5.91 Å². The summed E-state index contributed by atoms with van der Waals surface area (Å²) in [6, 6.07) is 11.8. The molecule has 1 N–H and O–H groups in total. The van der Waals surface area contributed by atoms with Gasteiger partial charge in [-0.1, -0.05) is 49.7 Å². The fraction of sp³-hybridized carbons (Fsp3) is 0.227. The Labute approximate surface area is 180 Å². The molecule has 0 radical (unpaired) electrons. The van der Waals surface area contributed by atoms with Crippen LogP contribution in [0.3, 0.4) is 0 Å². The van der Waals surface area contributed by atoms with E-state index in [4.69, 9.17) is 11.6 Å². The summed E-state index contributed by atoms with van der Waals surface area (Å²) in [6.07, 6.45) is 3.25. The van der Waals surface area contributed by atoms with Crippen molar-refractivity contribution in [3.63, 3.8) is 0 Å². The van der Waals surface area contributed by atoms with E-state index in [0.717, 1.165) is 11.1 Å². The van der Waals surface area contributed by atoms with Gasteiger partial charge in [-0.3, -0.25) is 9.59 Å². The molecule has 2 amide bonds. The van der Waals surface area contributed by atoms with E-state index >= 15 is 0 Å². The molecule has 154 valence electrons. The zero-order valence-electron chi connectivity index (χ0n) is 17.0. The van der Waals surface area contributed by atoms with E-state index in [2.05, 4.69) is 20.3 Å². The predicted molar refractivity (Wildman–Crippen MR) is 116 cm³/mol. The van der Waals surface area contributed by atoms with Gasteiger partial charge in [0.05, 0.1) is 11.3 Å². The third-order valence-corrected chi connectivity index (χ3v) is 4.88. The molecule has 1 atom stereocenters. The molecule has 2 aromatic carbocycles. The predicted octanol–water partition coefficient (Wildman–Crippen LogP) is 3.54. The molecule has 1 aliphatic rings. The van der Waals surface area contributed by atoms with Gasteiger partial charge >= 0.3 is 0 Å². The Morgan fingerprint density at radius 3 is 2.37 bits per heavy atom. The number of hydrogen-bond donors (Lipinski definition) is 1. The first-order chi connectivity index (χ1) is 14.5. The molecule has 0 saturated heterocycles. The van der Waals surface area contributed by atoms with Gasteiger partial charge in [0.2, 0.25) is 5.91 Å². The molecule has 1 unspecified atom stereocenters. The topological polar surface area (TPSA) is 88.1 Å². The Hall–Kier alpha value is -3.32. The monoisotopic (exact) mass is 423 g/mol. The minimum Gasteiger partial charge on any atom is -0.340 e. The zero-order valence-corrected chi connectivity index (χ0v) is 17.7. The van der Waals surface area contributed by atoms with E-state index in [1.54, 1.807) is 25.2 Å². The molecule has 0 fully saturated rings. The first-order valence-electron chi connectivity index (χ1n) is 9.62. The van der Waals surface area contributed by atoms with Crippen LogP contribution in [0.2, 0.25) is 5.02 Å². The molecule has 3 aromatic rings. The fourth-order valence-corrected chi connectivity index (χ4v) is 3.36. The van der Waals surface area contributed by atoms with Gasteiger partial charge in [0.15, 0.2) is 5.82 Å². The number of fused-ring (bicyclic) bond motifs is 1. The van der Waals surface area contributed by atoms with Crippen LogP contribution in [-0.2, 0) is 11.2 Å². The van der Waals surface area contributed by atoms with Crippen molar-refractivity contribution in [2.45, 2.75) is 26.3 Å². The highest BCUT2D eigenvalue weighted by Gasteiger charge is 2.32. The van der Waals surface area contributed by atoms with E-state index in [-0.39, 0.29) is 11.8 Å². The molecule has 2 heterocycles. The van der Waals surface area contributed by atoms with Crippen molar-refractivity contribution in [1.82, 2.24) is 20.3 Å². The SMILES string of the molecule is CC.CN1C(=O)C(Cc2ccc(-c3ncncn3)cc2)NC(=O)c2cc(Cl)ccc21. The second-order valence-corrected chi connectivity index (χ2v) is 6.88. The number of carbonyl (C=O) groups is 2. The van der Waals surface area contributed by atoms with Gasteiger partial charge in [0.1, 0.15) is 18.7 Å². The summed E-state index contributed by atoms with van der Waals surface area (Å²) in [4.78, 5) is 39.0. The summed E-state index contributed by atoms with van der Waals surface area (Å²) in [6.45, 7) is 4.00. The zero-order chi connectivity index (χ0) is 21.7. The number of nitrogens with zero attached hydrogens (tertiary/aromatic N) is 4. The number of benzene rings is 2. The number of hydrogen-bond acceptors (Lipinski definition) is 5. The molecule has 0 spiro atoms. The standard InChI is InChI=1S/C20H16ClN5O2.C2H6/c1-26-17-7-6-14(21)9-15(17)19(27)25-16(20(26)28)8-12-2-4-13(5-3-12)18-23-10-22-11-24-18;1-2/h2-7,9-11,16H,8H2,1H3,(H,25,27);1-2H3. The van der Waals surface area contributed by atoms with E-state index in [1.165, 1.54) is 17.6 Å². The Kier molecular flexibility index (Phi) is 6.74. The lowest BCUT2D eigenvalue weighted by atomic mass is 10.0. The van der Waals surface area contributed by atoms with E-state index in [0.29, 0.717) is 28.5 Å². The maximum atomic E-state index is 12.9. The number of aromatic nitrogens is 3. The van der Waals surface area contributed by atoms with Gasteiger partial charge in [0, 0.05) is 24.1 Å². The number of amides is 2. The molecule has 0 bridgehead atoms. The van der Waals surface area contributed by atoms with Crippen molar-refractivity contribution in [2.75, 3.05) is 11.9 Å². The van der Waals surface area contributed by atoms with Crippen molar-refractivity contribution in [3.8, 4) is 11.4 Å². The maximum absolute atomic E-state index is 12.9. The third kappa shape index (κ3) is 4.46. The lowest BCUT2D eigenvalue weighted by Gasteiger charge is -2.21. The number of carbonyl (C=O) groups excluding carboxylic acids is 2. The summed E-state index contributed by atoms with van der Waals surface area (Å²) in [5, 5.41) is 3.26. The van der Waals surface area contributed by atoms with Crippen LogP contribution in [0.25, 0.3) is 11.4 Å². The average Bonchev–Trinajstić information content (AvgIpc) is 2.87. The highest BCUT2D eigenvalue weighted by Crippen LogP contribution is 2.27. The van der Waals surface area contributed by atoms with Crippen LogP contribution in [0.15, 0.2) is 55.1 Å². The third-order valence-electron chi connectivity index (χ3n) is 4.64. The Morgan fingerprint density at radius 2 is 1.70 bits per heavy atom. The fourth-order valence-electron chi connectivity index (χ4n) is 3.19. The van der Waals surface area contributed by atoms with Crippen LogP contribution in [-0.4, -0.2) is 39.9 Å². The molecular weight excluding hydrogens is 402 g/mol. The summed E-state index contributed by atoms with van der Waals surface area (Å²) >= 11 is 6.01. The minimum atomic E-state index is -0.674. The van der Waals surface area contributed by atoms with Crippen LogP contribution in [0.1, 0.15) is 29.8 Å². The Morgan fingerprint density at radius 1 is 1.03 bits per heavy atom. The first-order valence-corrected chi connectivity index (χ1v) is 10.00. The molecule has 8 heteroatoms. The van der Waals surface area contributed by atoms with Crippen molar-refractivity contribution in [2.24, 2.45) is 0 Å². The van der Waals surface area contributed by atoms with E-state index in [1.807, 2.05) is 38.1 Å². The highest BCUT2D eigenvalue weighted by atomic mass is 35.5. The summed E-state index contributed by atoms with van der Waals surface area (Å²) in [5.41, 5.74) is 2.69. The van der Waals surface area contributed by atoms with Crippen LogP contribution in [0, 0.1) is 0 Å². The molecule has 1 aliphatic heterocycles. The Bertz CT molecular complexity index is 1040. The summed E-state index contributed by atoms with van der Waals surface area (Å²) in [5.74, 6) is 0.0745. The first kappa shape index (κ1) is 21.4. The number of anilines is 1. The quantitative estimate of drug-likeness (QED) is 0.696. The largest absolute Gasteiger partial charge is 0.340 e. The molecule has 0 saturated carbocycles. The average molecular weight is 424 g/mol. The van der Waals surface area contributed by atoms with Crippen LogP contribution < -0.4 is 10.2 Å². The van der Waals surface area contributed by atoms with E-state index < -0.39 is 6.04 Å². The normalized spacial score (nSPS) is 15.5. The van der Waals surface area contributed by atoms with Gasteiger partial charge in [-0.15, -0.1) is 0 Å². The number of halogens is 1. The second-order valence-electron chi connectivity index (χ2n) is 6.45. The summed E-state index contributed by atoms with van der Waals surface area (Å²) < 4.78 is 0. The second kappa shape index (κ2) is 9.45. The molecule has 4 rings (SSSR count). The van der Waals surface area contributed by atoms with Gasteiger partial charge in [-0.2, -0.15) is 0 Å². The Balaban J connectivity index is 0.00000124. The van der Waals surface area contributed by atoms with Crippen molar-refractivity contribution in [3.05, 3.63) is 71.3 Å². The van der Waals surface area contributed by atoms with E-state index in [9.17, 15) is 9.59 Å². The molecular formula is C22H22ClN5O2. The molecule has 30 heavy (non-hydrogen) atoms. The van der Waals surface area contributed by atoms with Crippen molar-refractivity contribution < 1.29 is 9.59 Å². The number of rotatable bonds is 3. The van der Waals surface area contributed by atoms with Gasteiger partial charge in [-0.05, 0) is 23.8 Å². The minimum absolute atomic E-state index is 0.184. The van der Waals surface area contributed by atoms with Gasteiger partial charge < -0.3 is 10.2 Å². The van der Waals surface area contributed by atoms with Gasteiger partial charge in [-0.25, -0.2) is 15.0 Å². The lowest BCUT2D eigenvalue weighted by Crippen LogP contribution is -2.45. The number of nitrogens with one attached hydrogen (secondary N) is 1. The number of likely N-dealkylation sites (N-methyl/N-ethyl adjacent to an activating group) is 1. The van der Waals surface area contributed by atoms with Crippen molar-refractivity contribution >= 4 is 29.1 Å². The van der Waals surface area contributed by atoms with Crippen LogP contribution in [0.5, 0.6) is 0 Å². The summed E-state index contributed by atoms with van der Waals surface area (Å²) in [7, 11) is 1.66. The molecule has 0 aliphatic carbocycles. The molecule has 1 aromatic heterocycles. The highest BCUT2D eigenvalue weighted by molar-refractivity contribution is 6.31. The lowest BCUT2D eigenvalue weighted by molar-refractivity contribution is -0.120. The van der Waals surface area contributed by atoms with Crippen molar-refractivity contribution in [1.29, 1.82) is 0 Å². The van der Waals surface area contributed by atoms with Crippen LogP contribution in [0.4, 0.5) is 5.69 Å². The van der Waals surface area contributed by atoms with Crippen LogP contribution >= 0.6 is 11.6 Å². The smallest absolute Gasteiger partial charge is 0.254 e. The molecule has 7 nitrogen and oxygen atoms in total.